The topological polar surface area (TPSA) is 116 Å². The van der Waals surface area contributed by atoms with Gasteiger partial charge < -0.3 is 20.6 Å². The van der Waals surface area contributed by atoms with Gasteiger partial charge in [0, 0.05) is 30.5 Å². The van der Waals surface area contributed by atoms with E-state index in [1.54, 1.807) is 19.1 Å². The van der Waals surface area contributed by atoms with Gasteiger partial charge in [0.1, 0.15) is 11.6 Å². The smallest absolute Gasteiger partial charge is 0.316 e. The summed E-state index contributed by atoms with van der Waals surface area (Å²) in [6, 6.07) is 5.79. The number of carbonyl (C=O) groups is 4. The molecule has 3 N–H and O–H groups in total. The third kappa shape index (κ3) is 5.59. The van der Waals surface area contributed by atoms with E-state index in [2.05, 4.69) is 10.6 Å². The molecule has 0 radical (unpaired) electrons. The van der Waals surface area contributed by atoms with Crippen LogP contribution in [0.2, 0.25) is 0 Å². The number of nitrogens with zero attached hydrogens (tertiary/aromatic N) is 1. The summed E-state index contributed by atoms with van der Waals surface area (Å²) < 4.78 is 27.4. The number of halogens is 2. The van der Waals surface area contributed by atoms with Crippen molar-refractivity contribution in [3.63, 3.8) is 0 Å². The lowest BCUT2D eigenvalue weighted by Gasteiger charge is -2.27. The molecule has 8 nitrogen and oxygen atoms in total. The fourth-order valence-electron chi connectivity index (χ4n) is 3.42. The second-order valence-corrected chi connectivity index (χ2v) is 7.29. The maximum atomic E-state index is 14.2. The van der Waals surface area contributed by atoms with Gasteiger partial charge in [0.05, 0.1) is 12.5 Å². The largest absolute Gasteiger partial charge is 0.481 e. The predicted octanol–water partition coefficient (Wildman–Crippen LogP) is 2.76. The molecule has 0 spiro atoms. The number of nitrogens with one attached hydrogen (secondary N) is 2. The van der Waals surface area contributed by atoms with E-state index in [0.29, 0.717) is 17.7 Å². The Kier molecular flexibility index (Phi) is 7.17. The highest BCUT2D eigenvalue weighted by molar-refractivity contribution is 6.14. The number of carboxylic acid groups (broad SMARTS) is 1. The van der Waals surface area contributed by atoms with Crippen LogP contribution in [-0.2, 0) is 14.4 Å². The number of carboxylic acids is 1. The number of amides is 3. The Morgan fingerprint density at radius 3 is 2.58 bits per heavy atom. The molecule has 0 aliphatic carbocycles. The molecular weight excluding hydrogens is 436 g/mol. The lowest BCUT2D eigenvalue weighted by atomic mass is 9.97. The van der Waals surface area contributed by atoms with E-state index in [1.807, 2.05) is 0 Å². The van der Waals surface area contributed by atoms with Crippen molar-refractivity contribution in [2.45, 2.75) is 25.4 Å². The summed E-state index contributed by atoms with van der Waals surface area (Å²) in [5.74, 6) is -3.97. The monoisotopic (exact) mass is 457 g/mol. The van der Waals surface area contributed by atoms with Crippen molar-refractivity contribution < 1.29 is 33.1 Å². The number of carbonyl (C=O) groups excluding carboxylic acids is 3. The molecular formula is C23H21F2N3O5. The van der Waals surface area contributed by atoms with Crippen molar-refractivity contribution in [1.29, 1.82) is 0 Å². The molecule has 0 fully saturated rings. The van der Waals surface area contributed by atoms with Crippen LogP contribution in [0.1, 0.15) is 24.9 Å². The molecule has 2 aromatic rings. The average Bonchev–Trinajstić information content (AvgIpc) is 2.76. The number of likely N-dealkylation sites (N-methyl/N-ethyl adjacent to an activating group) is 1. The van der Waals surface area contributed by atoms with Crippen LogP contribution in [0.25, 0.3) is 11.1 Å². The number of rotatable bonds is 7. The molecule has 3 rings (SSSR count). The third-order valence-corrected chi connectivity index (χ3v) is 5.06. The summed E-state index contributed by atoms with van der Waals surface area (Å²) in [6.45, 7) is 2.01. The highest BCUT2D eigenvalue weighted by Crippen LogP contribution is 2.27. The van der Waals surface area contributed by atoms with Crippen molar-refractivity contribution in [2.75, 3.05) is 6.54 Å². The number of benzene rings is 2. The highest BCUT2D eigenvalue weighted by atomic mass is 19.1. The van der Waals surface area contributed by atoms with Crippen molar-refractivity contribution in [3.05, 3.63) is 71.9 Å². The van der Waals surface area contributed by atoms with Gasteiger partial charge >= 0.3 is 12.0 Å². The molecule has 1 aliphatic heterocycles. The molecule has 2 unspecified atom stereocenters. The maximum absolute atomic E-state index is 14.2. The van der Waals surface area contributed by atoms with Crippen LogP contribution in [0.3, 0.4) is 0 Å². The Morgan fingerprint density at radius 1 is 1.15 bits per heavy atom. The molecule has 1 aliphatic rings. The first-order valence-corrected chi connectivity index (χ1v) is 10.1. The number of urea groups is 1. The Labute approximate surface area is 187 Å². The van der Waals surface area contributed by atoms with Gasteiger partial charge in [0.25, 0.3) is 5.91 Å². The van der Waals surface area contributed by atoms with Crippen molar-refractivity contribution in [1.82, 2.24) is 15.5 Å². The molecule has 0 aromatic heterocycles. The fraction of sp³-hybridized carbons (Fsp3) is 0.217. The third-order valence-electron chi connectivity index (χ3n) is 5.06. The molecule has 172 valence electrons. The Bertz CT molecular complexity index is 1130. The molecule has 0 bridgehead atoms. The first kappa shape index (κ1) is 23.6. The molecule has 33 heavy (non-hydrogen) atoms. The minimum Gasteiger partial charge on any atom is -0.481 e. The summed E-state index contributed by atoms with van der Waals surface area (Å²) in [4.78, 5) is 49.6. The predicted molar refractivity (Wildman–Crippen MR) is 114 cm³/mol. The lowest BCUT2D eigenvalue weighted by Crippen LogP contribution is -2.55. The molecule has 1 heterocycles. The van der Waals surface area contributed by atoms with Crippen molar-refractivity contribution in [3.8, 4) is 11.1 Å². The fourth-order valence-corrected chi connectivity index (χ4v) is 3.42. The SMILES string of the molecule is CCN1C=CC(=O)C(NC(=O)NC(CC(=O)O)c2cccc(-c3ccc(F)cc3F)c2)C1=O. The van der Waals surface area contributed by atoms with E-state index in [1.165, 1.54) is 35.4 Å². The van der Waals surface area contributed by atoms with Gasteiger partial charge in [-0.05, 0) is 36.2 Å². The van der Waals surface area contributed by atoms with Crippen molar-refractivity contribution >= 4 is 23.7 Å². The van der Waals surface area contributed by atoms with Crippen LogP contribution < -0.4 is 10.6 Å². The Hall–Kier alpha value is -4.08. The van der Waals surface area contributed by atoms with Crippen LogP contribution in [0.15, 0.2) is 54.7 Å². The quantitative estimate of drug-likeness (QED) is 0.553. The van der Waals surface area contributed by atoms with Crippen LogP contribution in [0, 0.1) is 11.6 Å². The maximum Gasteiger partial charge on any atom is 0.316 e. The zero-order valence-corrected chi connectivity index (χ0v) is 17.5. The zero-order chi connectivity index (χ0) is 24.1. The first-order chi connectivity index (χ1) is 15.7. The van der Waals surface area contributed by atoms with Gasteiger partial charge in [0.15, 0.2) is 11.8 Å². The summed E-state index contributed by atoms with van der Waals surface area (Å²) in [7, 11) is 0. The van der Waals surface area contributed by atoms with E-state index >= 15 is 0 Å². The Morgan fingerprint density at radius 2 is 1.91 bits per heavy atom. The summed E-state index contributed by atoms with van der Waals surface area (Å²) in [5.41, 5.74) is 0.788. The number of hydrogen-bond donors (Lipinski definition) is 3. The van der Waals surface area contributed by atoms with E-state index < -0.39 is 53.8 Å². The van der Waals surface area contributed by atoms with E-state index in [0.717, 1.165) is 12.1 Å². The van der Waals surface area contributed by atoms with E-state index in [4.69, 9.17) is 0 Å². The van der Waals surface area contributed by atoms with Crippen LogP contribution in [0.4, 0.5) is 13.6 Å². The summed E-state index contributed by atoms with van der Waals surface area (Å²) >= 11 is 0. The number of hydrogen-bond acceptors (Lipinski definition) is 4. The molecule has 10 heteroatoms. The van der Waals surface area contributed by atoms with Gasteiger partial charge in [-0.2, -0.15) is 0 Å². The van der Waals surface area contributed by atoms with Gasteiger partial charge in [-0.15, -0.1) is 0 Å². The minimum absolute atomic E-state index is 0.0987. The van der Waals surface area contributed by atoms with Gasteiger partial charge in [-0.3, -0.25) is 14.4 Å². The lowest BCUT2D eigenvalue weighted by molar-refractivity contribution is -0.138. The standard InChI is InChI=1S/C23H21F2N3O5/c1-2-28-9-8-19(29)21(22(28)32)27-23(33)26-18(12-20(30)31)14-5-3-4-13(10-14)16-7-6-15(24)11-17(16)25/h3-11,18,21H,2,12H2,1H3,(H,30,31)(H2,26,27,33). The highest BCUT2D eigenvalue weighted by Gasteiger charge is 2.33. The summed E-state index contributed by atoms with van der Waals surface area (Å²) in [5, 5.41) is 14.0. The summed E-state index contributed by atoms with van der Waals surface area (Å²) in [6.07, 6.45) is 1.98. The molecule has 0 saturated carbocycles. The van der Waals surface area contributed by atoms with Gasteiger partial charge in [-0.1, -0.05) is 18.2 Å². The second-order valence-electron chi connectivity index (χ2n) is 7.29. The zero-order valence-electron chi connectivity index (χ0n) is 17.5. The van der Waals surface area contributed by atoms with Crippen LogP contribution in [0.5, 0.6) is 0 Å². The number of ketones is 1. The average molecular weight is 457 g/mol. The van der Waals surface area contributed by atoms with E-state index in [-0.39, 0.29) is 5.56 Å². The van der Waals surface area contributed by atoms with Gasteiger partial charge in [0.2, 0.25) is 0 Å². The van der Waals surface area contributed by atoms with Crippen LogP contribution in [-0.4, -0.2) is 46.3 Å². The van der Waals surface area contributed by atoms with E-state index in [9.17, 15) is 33.1 Å². The minimum atomic E-state index is -1.43. The second kappa shape index (κ2) is 10.0. The Balaban J connectivity index is 1.82. The van der Waals surface area contributed by atoms with Crippen molar-refractivity contribution in [2.24, 2.45) is 0 Å². The van der Waals surface area contributed by atoms with Gasteiger partial charge in [-0.25, -0.2) is 13.6 Å². The van der Waals surface area contributed by atoms with Crippen LogP contribution >= 0.6 is 0 Å². The molecule has 0 saturated heterocycles. The molecule has 2 aromatic carbocycles. The first-order valence-electron chi connectivity index (χ1n) is 10.1. The normalized spacial score (nSPS) is 16.5. The molecule has 2 atom stereocenters. The molecule has 3 amide bonds. The number of aliphatic carboxylic acids is 1.